The van der Waals surface area contributed by atoms with E-state index < -0.39 is 11.5 Å². The Morgan fingerprint density at radius 1 is 1.24 bits per heavy atom. The van der Waals surface area contributed by atoms with Crippen molar-refractivity contribution < 1.29 is 18.4 Å². The molecule has 0 bridgehead atoms. The second-order valence-corrected chi connectivity index (χ2v) is 11.3. The first-order valence-corrected chi connectivity index (χ1v) is 13.3. The molecule has 3 aromatic rings. The number of hydrogen-bond acceptors (Lipinski definition) is 4. The Bertz CT molecular complexity index is 1380. The van der Waals surface area contributed by atoms with Crippen LogP contribution in [0, 0.1) is 17.7 Å². The van der Waals surface area contributed by atoms with Crippen molar-refractivity contribution in [3.05, 3.63) is 40.9 Å². The highest BCUT2D eigenvalue weighted by molar-refractivity contribution is 6.33. The Balaban J connectivity index is 1.35. The number of hydrogen-bond donors (Lipinski definition) is 1. The maximum Gasteiger partial charge on any atom is 0.228 e. The Morgan fingerprint density at radius 2 is 2.00 bits per heavy atom. The summed E-state index contributed by atoms with van der Waals surface area (Å²) in [6, 6.07) is 4.91. The van der Waals surface area contributed by atoms with Gasteiger partial charge in [0.2, 0.25) is 5.91 Å². The van der Waals surface area contributed by atoms with Crippen LogP contribution in [0.15, 0.2) is 24.4 Å². The van der Waals surface area contributed by atoms with Gasteiger partial charge in [-0.25, -0.2) is 13.8 Å². The van der Waals surface area contributed by atoms with Gasteiger partial charge < -0.3 is 5.32 Å². The lowest BCUT2D eigenvalue weighted by Gasteiger charge is -2.28. The molecule has 0 radical (unpaired) electrons. The highest BCUT2D eigenvalue weighted by Gasteiger charge is 2.50. The summed E-state index contributed by atoms with van der Waals surface area (Å²) in [6.45, 7) is 4.06. The number of amides is 1. The number of rotatable bonds is 7. The number of anilines is 1. The number of fused-ring (bicyclic) bond motifs is 1. The standard InChI is InChI=1S/C28H31ClF2N4O2/c1-15(2)26-20-11-18(12-22(30)25(20)34-35(26)3)19-13-24(32-14-21(19)29)33-27(37)17-6-4-5-16(9-17)10-23(36)28(31)7-8-28/h11-17H,4-10H2,1-3H3,(H,32,33,37)/t16-,17+/m1/s1. The number of Topliss-reactive ketones (excluding diaryl/α,β-unsaturated/α-hetero) is 1. The van der Waals surface area contributed by atoms with E-state index in [1.165, 1.54) is 12.3 Å². The third-order valence-corrected chi connectivity index (χ3v) is 8.02. The van der Waals surface area contributed by atoms with Crippen molar-refractivity contribution in [2.45, 2.75) is 70.4 Å². The molecule has 2 fully saturated rings. The lowest BCUT2D eigenvalue weighted by Crippen LogP contribution is -2.30. The molecular weight excluding hydrogens is 498 g/mol. The molecule has 1 N–H and O–H groups in total. The summed E-state index contributed by atoms with van der Waals surface area (Å²) in [5.74, 6) is -0.752. The van der Waals surface area contributed by atoms with Crippen molar-refractivity contribution in [3.63, 3.8) is 0 Å². The minimum Gasteiger partial charge on any atom is -0.310 e. The minimum atomic E-state index is -1.62. The third-order valence-electron chi connectivity index (χ3n) is 7.72. The lowest BCUT2D eigenvalue weighted by atomic mass is 9.78. The smallest absolute Gasteiger partial charge is 0.228 e. The van der Waals surface area contributed by atoms with Gasteiger partial charge in [0.25, 0.3) is 0 Å². The number of aryl methyl sites for hydroxylation is 1. The zero-order chi connectivity index (χ0) is 26.5. The van der Waals surface area contributed by atoms with Gasteiger partial charge in [-0.05, 0) is 67.7 Å². The van der Waals surface area contributed by atoms with E-state index in [9.17, 15) is 14.0 Å². The van der Waals surface area contributed by atoms with Gasteiger partial charge in [-0.1, -0.05) is 31.9 Å². The molecule has 2 aliphatic carbocycles. The molecule has 5 rings (SSSR count). The summed E-state index contributed by atoms with van der Waals surface area (Å²) in [5.41, 5.74) is 0.725. The van der Waals surface area contributed by atoms with Gasteiger partial charge in [-0.2, -0.15) is 5.10 Å². The number of pyridine rings is 1. The SMILES string of the molecule is CC(C)c1c2cc(-c3cc(NC(=O)[C@H]4CCC[C@@H](CC(=O)C5(F)CC5)C4)ncc3Cl)cc(F)c2nn1C. The summed E-state index contributed by atoms with van der Waals surface area (Å²) in [4.78, 5) is 29.5. The molecular formula is C28H31ClF2N4O2. The van der Waals surface area contributed by atoms with Gasteiger partial charge in [0, 0.05) is 42.2 Å². The summed E-state index contributed by atoms with van der Waals surface area (Å²) >= 11 is 6.46. The van der Waals surface area contributed by atoms with E-state index in [0.717, 1.165) is 23.9 Å². The molecule has 0 aliphatic heterocycles. The van der Waals surface area contributed by atoms with Crippen molar-refractivity contribution in [1.82, 2.24) is 14.8 Å². The van der Waals surface area contributed by atoms with Crippen LogP contribution in [0.3, 0.4) is 0 Å². The van der Waals surface area contributed by atoms with Crippen molar-refractivity contribution in [3.8, 4) is 11.1 Å². The van der Waals surface area contributed by atoms with Crippen LogP contribution in [-0.4, -0.2) is 32.1 Å². The number of ketones is 1. The molecule has 2 aliphatic rings. The van der Waals surface area contributed by atoms with Crippen molar-refractivity contribution >= 4 is 40.0 Å². The fourth-order valence-corrected chi connectivity index (χ4v) is 5.83. The number of carbonyl (C=O) groups is 2. The van der Waals surface area contributed by atoms with Gasteiger partial charge >= 0.3 is 0 Å². The number of aromatic nitrogens is 3. The minimum absolute atomic E-state index is 0.0169. The normalized spacial score (nSPS) is 20.8. The predicted molar refractivity (Wildman–Crippen MR) is 140 cm³/mol. The van der Waals surface area contributed by atoms with Gasteiger partial charge in [0.05, 0.1) is 5.02 Å². The molecule has 2 aromatic heterocycles. The topological polar surface area (TPSA) is 76.9 Å². The summed E-state index contributed by atoms with van der Waals surface area (Å²) in [5, 5.41) is 8.26. The Morgan fingerprint density at radius 3 is 2.70 bits per heavy atom. The highest BCUT2D eigenvalue weighted by atomic mass is 35.5. The van der Waals surface area contributed by atoms with Crippen LogP contribution >= 0.6 is 11.6 Å². The van der Waals surface area contributed by atoms with E-state index in [4.69, 9.17) is 11.6 Å². The van der Waals surface area contributed by atoms with Crippen LogP contribution in [0.2, 0.25) is 5.02 Å². The maximum atomic E-state index is 15.0. The average Bonchev–Trinajstić information content (AvgIpc) is 3.51. The first-order chi connectivity index (χ1) is 17.6. The van der Waals surface area contributed by atoms with Crippen molar-refractivity contribution in [1.29, 1.82) is 0 Å². The largest absolute Gasteiger partial charge is 0.310 e. The number of alkyl halides is 1. The lowest BCUT2D eigenvalue weighted by molar-refractivity contribution is -0.127. The number of carbonyl (C=O) groups excluding carboxylic acids is 2. The van der Waals surface area contributed by atoms with E-state index in [1.807, 2.05) is 19.9 Å². The average molecular weight is 529 g/mol. The van der Waals surface area contributed by atoms with E-state index >= 15 is 4.39 Å². The van der Waals surface area contributed by atoms with Crippen molar-refractivity contribution in [2.24, 2.45) is 18.9 Å². The summed E-state index contributed by atoms with van der Waals surface area (Å²) in [7, 11) is 1.80. The van der Waals surface area contributed by atoms with Crippen LogP contribution in [0.5, 0.6) is 0 Å². The Kier molecular flexibility index (Phi) is 6.81. The number of nitrogens with one attached hydrogen (secondary N) is 1. The monoisotopic (exact) mass is 528 g/mol. The molecule has 0 spiro atoms. The summed E-state index contributed by atoms with van der Waals surface area (Å²) in [6.07, 6.45) is 5.19. The molecule has 0 unspecified atom stereocenters. The molecule has 0 saturated heterocycles. The molecule has 2 heterocycles. The van der Waals surface area contributed by atoms with E-state index in [0.29, 0.717) is 53.2 Å². The first-order valence-electron chi connectivity index (χ1n) is 12.9. The van der Waals surface area contributed by atoms with Crippen molar-refractivity contribution in [2.75, 3.05) is 5.32 Å². The second-order valence-electron chi connectivity index (χ2n) is 10.9. The van der Waals surface area contributed by atoms with Crippen LogP contribution in [0.4, 0.5) is 14.6 Å². The van der Waals surface area contributed by atoms with E-state index in [1.54, 1.807) is 17.8 Å². The van der Waals surface area contributed by atoms with Crippen LogP contribution in [0.25, 0.3) is 22.0 Å². The molecule has 1 aromatic carbocycles. The molecule has 9 heteroatoms. The molecule has 1 amide bonds. The molecule has 196 valence electrons. The zero-order valence-corrected chi connectivity index (χ0v) is 22.0. The second kappa shape index (κ2) is 9.78. The number of halogens is 3. The molecule has 2 atom stereocenters. The van der Waals surface area contributed by atoms with Crippen LogP contribution in [-0.2, 0) is 16.6 Å². The van der Waals surface area contributed by atoms with Crippen LogP contribution < -0.4 is 5.32 Å². The number of nitrogens with zero attached hydrogens (tertiary/aromatic N) is 3. The fourth-order valence-electron chi connectivity index (χ4n) is 5.62. The van der Waals surface area contributed by atoms with Gasteiger partial charge in [-0.3, -0.25) is 14.3 Å². The molecule has 2 saturated carbocycles. The first kappa shape index (κ1) is 25.8. The molecule has 6 nitrogen and oxygen atoms in total. The van der Waals surface area contributed by atoms with Gasteiger partial charge in [0.15, 0.2) is 17.3 Å². The third kappa shape index (κ3) is 5.13. The highest BCUT2D eigenvalue weighted by Crippen LogP contribution is 2.44. The van der Waals surface area contributed by atoms with E-state index in [2.05, 4.69) is 15.4 Å². The number of benzene rings is 1. The Hall–Kier alpha value is -2.87. The van der Waals surface area contributed by atoms with E-state index in [-0.39, 0.29) is 35.9 Å². The van der Waals surface area contributed by atoms with Gasteiger partial charge in [-0.15, -0.1) is 0 Å². The van der Waals surface area contributed by atoms with Crippen LogP contribution in [0.1, 0.15) is 70.4 Å². The maximum absolute atomic E-state index is 15.0. The predicted octanol–water partition coefficient (Wildman–Crippen LogP) is 6.76. The quantitative estimate of drug-likeness (QED) is 0.367. The van der Waals surface area contributed by atoms with Gasteiger partial charge in [0.1, 0.15) is 11.3 Å². The molecule has 37 heavy (non-hydrogen) atoms. The fraction of sp³-hybridized carbons (Fsp3) is 0.500. The zero-order valence-electron chi connectivity index (χ0n) is 21.3. The Labute approximate surface area is 219 Å². The summed E-state index contributed by atoms with van der Waals surface area (Å²) < 4.78 is 30.8.